The lowest BCUT2D eigenvalue weighted by Gasteiger charge is -2.41. The van der Waals surface area contributed by atoms with Crippen LogP contribution in [0.5, 0.6) is 0 Å². The molecule has 0 bridgehead atoms. The Morgan fingerprint density at radius 2 is 1.96 bits per heavy atom. The van der Waals surface area contributed by atoms with Gasteiger partial charge in [0.05, 0.1) is 6.04 Å². The second-order valence-corrected chi connectivity index (χ2v) is 6.17. The molecule has 1 aliphatic rings. The number of hydrogen-bond acceptors (Lipinski definition) is 3. The Kier molecular flexibility index (Phi) is 4.72. The molecule has 1 aliphatic heterocycles. The summed E-state index contributed by atoms with van der Waals surface area (Å²) < 4.78 is 0. The van der Waals surface area contributed by atoms with Gasteiger partial charge in [0, 0.05) is 45.0 Å². The number of piperazine rings is 1. The second kappa shape index (κ2) is 6.92. The summed E-state index contributed by atoms with van der Waals surface area (Å²) >= 11 is 0. The zero-order valence-electron chi connectivity index (χ0n) is 13.8. The first-order valence-electron chi connectivity index (χ1n) is 8.09. The van der Waals surface area contributed by atoms with Crippen LogP contribution in [0.3, 0.4) is 0 Å². The lowest BCUT2D eigenvalue weighted by molar-refractivity contribution is -0.132. The van der Waals surface area contributed by atoms with Gasteiger partial charge >= 0.3 is 0 Å². The maximum absolute atomic E-state index is 11.8. The van der Waals surface area contributed by atoms with Gasteiger partial charge < -0.3 is 4.90 Å². The maximum atomic E-state index is 11.8. The van der Waals surface area contributed by atoms with E-state index in [1.54, 1.807) is 6.92 Å². The number of rotatable bonds is 3. The quantitative estimate of drug-likeness (QED) is 0.875. The van der Waals surface area contributed by atoms with Gasteiger partial charge in [-0.3, -0.25) is 14.7 Å². The van der Waals surface area contributed by atoms with E-state index in [1.807, 2.05) is 24.1 Å². The number of benzene rings is 1. The monoisotopic (exact) mass is 309 g/mol. The van der Waals surface area contributed by atoms with Crippen molar-refractivity contribution in [2.75, 3.05) is 19.6 Å². The molecule has 0 N–H and O–H groups in total. The summed E-state index contributed by atoms with van der Waals surface area (Å²) in [5, 5.41) is 0. The molecule has 0 aliphatic carbocycles. The van der Waals surface area contributed by atoms with E-state index in [4.69, 9.17) is 0 Å². The molecule has 0 spiro atoms. The fourth-order valence-electron chi connectivity index (χ4n) is 3.11. The zero-order chi connectivity index (χ0) is 16.2. The van der Waals surface area contributed by atoms with E-state index in [0.29, 0.717) is 0 Å². The standard InChI is InChI=1S/C19H23N3O/c1-15-8-9-17(12-20-15)13-22-11-10-21(16(2)23)14-19(22)18-6-4-3-5-7-18/h3-9,12,19H,10-11,13-14H2,1-2H3/t19-/m1/s1. The van der Waals surface area contributed by atoms with Crippen molar-refractivity contribution < 1.29 is 4.79 Å². The van der Waals surface area contributed by atoms with E-state index in [-0.39, 0.29) is 11.9 Å². The van der Waals surface area contributed by atoms with Gasteiger partial charge in [0.2, 0.25) is 5.91 Å². The minimum atomic E-state index is 0.155. The van der Waals surface area contributed by atoms with Gasteiger partial charge in [0.15, 0.2) is 0 Å². The Labute approximate surface area is 137 Å². The van der Waals surface area contributed by atoms with Crippen LogP contribution >= 0.6 is 0 Å². The number of aromatic nitrogens is 1. The van der Waals surface area contributed by atoms with E-state index in [9.17, 15) is 4.79 Å². The summed E-state index contributed by atoms with van der Waals surface area (Å²) in [6.07, 6.45) is 1.95. The van der Waals surface area contributed by atoms with Gasteiger partial charge in [-0.05, 0) is 24.1 Å². The van der Waals surface area contributed by atoms with Gasteiger partial charge in [-0.15, -0.1) is 0 Å². The molecule has 4 heteroatoms. The predicted molar refractivity (Wildman–Crippen MR) is 90.8 cm³/mol. The van der Waals surface area contributed by atoms with Crippen molar-refractivity contribution in [1.82, 2.24) is 14.8 Å². The molecule has 1 amide bonds. The molecule has 0 unspecified atom stereocenters. The molecule has 2 heterocycles. The minimum Gasteiger partial charge on any atom is -0.340 e. The SMILES string of the molecule is CC(=O)N1CCN(Cc2ccc(C)nc2)[C@@H](c2ccccc2)C1. The third kappa shape index (κ3) is 3.77. The number of pyridine rings is 1. The molecule has 23 heavy (non-hydrogen) atoms. The normalized spacial score (nSPS) is 18.9. The predicted octanol–water partition coefficient (Wildman–Crippen LogP) is 2.80. The van der Waals surface area contributed by atoms with Crippen molar-refractivity contribution in [2.24, 2.45) is 0 Å². The number of aryl methyl sites for hydroxylation is 1. The maximum Gasteiger partial charge on any atom is 0.219 e. The van der Waals surface area contributed by atoms with Crippen LogP contribution in [0.25, 0.3) is 0 Å². The molecule has 2 aromatic rings. The Morgan fingerprint density at radius 1 is 1.17 bits per heavy atom. The summed E-state index contributed by atoms with van der Waals surface area (Å²) in [7, 11) is 0. The molecule has 0 radical (unpaired) electrons. The van der Waals surface area contributed by atoms with Crippen LogP contribution in [0.15, 0.2) is 48.7 Å². The van der Waals surface area contributed by atoms with Gasteiger partial charge in [-0.25, -0.2) is 0 Å². The average Bonchev–Trinajstić information content (AvgIpc) is 2.58. The van der Waals surface area contributed by atoms with Crippen molar-refractivity contribution in [3.05, 3.63) is 65.5 Å². The van der Waals surface area contributed by atoms with Crippen LogP contribution < -0.4 is 0 Å². The number of carbonyl (C=O) groups excluding carboxylic acids is 1. The van der Waals surface area contributed by atoms with E-state index in [2.05, 4.69) is 46.3 Å². The molecule has 0 saturated carbocycles. The zero-order valence-corrected chi connectivity index (χ0v) is 13.8. The van der Waals surface area contributed by atoms with Crippen molar-refractivity contribution in [3.8, 4) is 0 Å². The second-order valence-electron chi connectivity index (χ2n) is 6.17. The van der Waals surface area contributed by atoms with Crippen molar-refractivity contribution in [3.63, 3.8) is 0 Å². The molecule has 4 nitrogen and oxygen atoms in total. The summed E-state index contributed by atoms with van der Waals surface area (Å²) in [6, 6.07) is 14.9. The van der Waals surface area contributed by atoms with Gasteiger partial charge in [0.1, 0.15) is 0 Å². The Hall–Kier alpha value is -2.20. The third-order valence-electron chi connectivity index (χ3n) is 4.48. The molecule has 1 fully saturated rings. The van der Waals surface area contributed by atoms with Gasteiger partial charge in [0.25, 0.3) is 0 Å². The summed E-state index contributed by atoms with van der Waals surface area (Å²) in [6.45, 7) is 6.94. The Balaban J connectivity index is 1.82. The summed E-state index contributed by atoms with van der Waals surface area (Å²) in [5.41, 5.74) is 3.51. The van der Waals surface area contributed by atoms with Gasteiger partial charge in [-0.2, -0.15) is 0 Å². The molecule has 1 aromatic carbocycles. The third-order valence-corrected chi connectivity index (χ3v) is 4.48. The van der Waals surface area contributed by atoms with Crippen LogP contribution in [0.1, 0.15) is 29.8 Å². The lowest BCUT2D eigenvalue weighted by atomic mass is 10.0. The highest BCUT2D eigenvalue weighted by Gasteiger charge is 2.29. The van der Waals surface area contributed by atoms with Crippen LogP contribution in [-0.2, 0) is 11.3 Å². The fourth-order valence-corrected chi connectivity index (χ4v) is 3.11. The molecule has 1 aromatic heterocycles. The highest BCUT2D eigenvalue weighted by Crippen LogP contribution is 2.27. The van der Waals surface area contributed by atoms with E-state index in [0.717, 1.165) is 31.9 Å². The summed E-state index contributed by atoms with van der Waals surface area (Å²) in [4.78, 5) is 20.6. The van der Waals surface area contributed by atoms with E-state index < -0.39 is 0 Å². The van der Waals surface area contributed by atoms with Crippen LogP contribution in [0, 0.1) is 6.92 Å². The number of carbonyl (C=O) groups is 1. The molecule has 120 valence electrons. The molecular weight excluding hydrogens is 286 g/mol. The number of hydrogen-bond donors (Lipinski definition) is 0. The first kappa shape index (κ1) is 15.7. The Bertz CT molecular complexity index is 654. The van der Waals surface area contributed by atoms with Crippen molar-refractivity contribution in [2.45, 2.75) is 26.4 Å². The minimum absolute atomic E-state index is 0.155. The highest BCUT2D eigenvalue weighted by molar-refractivity contribution is 5.73. The van der Waals surface area contributed by atoms with Crippen LogP contribution in [-0.4, -0.2) is 40.3 Å². The highest BCUT2D eigenvalue weighted by atomic mass is 16.2. The molecule has 1 saturated heterocycles. The van der Waals surface area contributed by atoms with Crippen molar-refractivity contribution >= 4 is 5.91 Å². The molecular formula is C19H23N3O. The fraction of sp³-hybridized carbons (Fsp3) is 0.368. The van der Waals surface area contributed by atoms with E-state index in [1.165, 1.54) is 11.1 Å². The topological polar surface area (TPSA) is 36.4 Å². The van der Waals surface area contributed by atoms with Gasteiger partial charge in [-0.1, -0.05) is 36.4 Å². The van der Waals surface area contributed by atoms with Crippen molar-refractivity contribution in [1.29, 1.82) is 0 Å². The van der Waals surface area contributed by atoms with Crippen LogP contribution in [0.2, 0.25) is 0 Å². The van der Waals surface area contributed by atoms with E-state index >= 15 is 0 Å². The first-order valence-corrected chi connectivity index (χ1v) is 8.09. The van der Waals surface area contributed by atoms with Crippen LogP contribution in [0.4, 0.5) is 0 Å². The first-order chi connectivity index (χ1) is 11.1. The average molecular weight is 309 g/mol. The molecule has 3 rings (SSSR count). The smallest absolute Gasteiger partial charge is 0.219 e. The largest absolute Gasteiger partial charge is 0.340 e. The lowest BCUT2D eigenvalue weighted by Crippen LogP contribution is -2.49. The Morgan fingerprint density at radius 3 is 2.61 bits per heavy atom. The number of amides is 1. The summed E-state index contributed by atoms with van der Waals surface area (Å²) in [5.74, 6) is 0.155. The number of nitrogens with zero attached hydrogens (tertiary/aromatic N) is 3. The molecule has 1 atom stereocenters.